The molecule has 3 N–H and O–H groups in total. The lowest BCUT2D eigenvalue weighted by Crippen LogP contribution is -2.37. The molecule has 6 rings (SSSR count). The molecule has 2 saturated heterocycles. The van der Waals surface area contributed by atoms with Crippen molar-refractivity contribution in [3.63, 3.8) is 0 Å². The quantitative estimate of drug-likeness (QED) is 0.312. The van der Waals surface area contributed by atoms with E-state index in [1.54, 1.807) is 9.47 Å². The minimum Gasteiger partial charge on any atom is -0.488 e. The van der Waals surface area contributed by atoms with Crippen molar-refractivity contribution >= 4 is 40.5 Å². The minimum absolute atomic E-state index is 0.00513. The van der Waals surface area contributed by atoms with Crippen molar-refractivity contribution < 1.29 is 42.9 Å². The maximum Gasteiger partial charge on any atom is 0.415 e. The van der Waals surface area contributed by atoms with Gasteiger partial charge in [0.2, 0.25) is 11.3 Å². The molecule has 0 bridgehead atoms. The molecule has 2 atom stereocenters. The molecule has 1 aliphatic carbocycles. The van der Waals surface area contributed by atoms with Gasteiger partial charge in [-0.2, -0.15) is 0 Å². The van der Waals surface area contributed by atoms with E-state index in [1.165, 1.54) is 42.4 Å². The number of aromatic nitrogens is 2. The fraction of sp³-hybridized carbons (Fsp3) is 0.406. The van der Waals surface area contributed by atoms with Gasteiger partial charge in [-0.15, -0.1) is 0 Å². The third-order valence-electron chi connectivity index (χ3n) is 8.48. The molecular formula is C32H33F2N5O8. The van der Waals surface area contributed by atoms with Crippen LogP contribution in [0.2, 0.25) is 0 Å². The van der Waals surface area contributed by atoms with E-state index >= 15 is 8.78 Å². The standard InChI is InChI=1S/C32H33F2N5O8/c1-18(40)35-10-7-21-15-39(31(44)47-21)20-5-6-26(24(33)13-20)46-17-32(45)8-2-11-37(12-9-32)29-25(34)14-22-27(41)23(30(42)43)16-38(19-3-4-19)28(22)36-29/h5-7,10,13-14,16,19,21,45H,2-4,8-9,11-12,15,17H2,1H3,(H,35,40)(H,42,43)/b10-7-. The molecule has 3 aromatic rings. The number of amides is 2. The Balaban J connectivity index is 1.12. The van der Waals surface area contributed by atoms with Gasteiger partial charge in [0.25, 0.3) is 0 Å². The summed E-state index contributed by atoms with van der Waals surface area (Å²) in [6.07, 6.45) is 5.27. The van der Waals surface area contributed by atoms with E-state index in [4.69, 9.17) is 9.47 Å². The number of nitrogens with zero attached hydrogens (tertiary/aromatic N) is 4. The van der Waals surface area contributed by atoms with Crippen LogP contribution >= 0.6 is 0 Å². The number of pyridine rings is 2. The van der Waals surface area contributed by atoms with Crippen LogP contribution in [0.3, 0.4) is 0 Å². The summed E-state index contributed by atoms with van der Waals surface area (Å²) < 4.78 is 43.0. The number of aromatic carboxylic acids is 1. The lowest BCUT2D eigenvalue weighted by atomic mass is 9.96. The number of anilines is 2. The highest BCUT2D eigenvalue weighted by Gasteiger charge is 2.35. The van der Waals surface area contributed by atoms with E-state index in [0.717, 1.165) is 25.0 Å². The van der Waals surface area contributed by atoms with Gasteiger partial charge in [0.1, 0.15) is 29.5 Å². The molecule has 0 radical (unpaired) electrons. The predicted molar refractivity (Wildman–Crippen MR) is 165 cm³/mol. The number of carboxylic acids is 1. The number of carbonyl (C=O) groups excluding carboxylic acids is 2. The summed E-state index contributed by atoms with van der Waals surface area (Å²) in [5.41, 5.74) is -2.16. The maximum atomic E-state index is 15.4. The zero-order valence-corrected chi connectivity index (χ0v) is 25.4. The first-order chi connectivity index (χ1) is 22.4. The molecule has 2 aromatic heterocycles. The summed E-state index contributed by atoms with van der Waals surface area (Å²) in [4.78, 5) is 55.2. The van der Waals surface area contributed by atoms with E-state index in [1.807, 2.05) is 0 Å². The fourth-order valence-electron chi connectivity index (χ4n) is 5.83. The molecule has 15 heteroatoms. The number of benzene rings is 1. The molecule has 3 aliphatic rings. The van der Waals surface area contributed by atoms with Crippen LogP contribution in [0.1, 0.15) is 55.4 Å². The van der Waals surface area contributed by atoms with Crippen molar-refractivity contribution in [3.8, 4) is 5.75 Å². The van der Waals surface area contributed by atoms with Gasteiger partial charge in [-0.3, -0.25) is 14.5 Å². The third kappa shape index (κ3) is 6.75. The summed E-state index contributed by atoms with van der Waals surface area (Å²) >= 11 is 0. The highest BCUT2D eigenvalue weighted by atomic mass is 19.1. The van der Waals surface area contributed by atoms with Crippen molar-refractivity contribution in [2.45, 2.75) is 56.8 Å². The Kier molecular flexibility index (Phi) is 8.57. The summed E-state index contributed by atoms with van der Waals surface area (Å²) in [5, 5.41) is 23.2. The lowest BCUT2D eigenvalue weighted by Gasteiger charge is -2.27. The number of aliphatic hydroxyl groups is 1. The fourth-order valence-corrected chi connectivity index (χ4v) is 5.83. The van der Waals surface area contributed by atoms with E-state index in [-0.39, 0.29) is 72.8 Å². The van der Waals surface area contributed by atoms with Crippen LogP contribution in [0.4, 0.5) is 25.1 Å². The second-order valence-corrected chi connectivity index (χ2v) is 12.0. The van der Waals surface area contributed by atoms with Crippen LogP contribution in [0, 0.1) is 11.6 Å². The van der Waals surface area contributed by atoms with E-state index in [9.17, 15) is 29.4 Å². The predicted octanol–water partition coefficient (Wildman–Crippen LogP) is 3.48. The summed E-state index contributed by atoms with van der Waals surface area (Å²) in [6.45, 7) is 1.74. The number of rotatable bonds is 9. The monoisotopic (exact) mass is 653 g/mol. The largest absolute Gasteiger partial charge is 0.488 e. The SMILES string of the molecule is CC(=O)N/C=C\C1CN(c2ccc(OCC3(O)CCCN(c4nc5c(cc4F)c(=O)c(C(=O)O)cn5C4CC4)CC3)c(F)c2)C(=O)O1. The Morgan fingerprint density at radius 2 is 1.96 bits per heavy atom. The first-order valence-corrected chi connectivity index (χ1v) is 15.2. The van der Waals surface area contributed by atoms with Gasteiger partial charge in [0.05, 0.1) is 17.6 Å². The zero-order valence-electron chi connectivity index (χ0n) is 25.4. The lowest BCUT2D eigenvalue weighted by molar-refractivity contribution is -0.118. The molecule has 47 heavy (non-hydrogen) atoms. The first-order valence-electron chi connectivity index (χ1n) is 15.2. The van der Waals surface area contributed by atoms with Crippen LogP contribution in [0.15, 0.2) is 47.5 Å². The molecule has 3 fully saturated rings. The maximum absolute atomic E-state index is 15.4. The van der Waals surface area contributed by atoms with Gasteiger partial charge in [-0.05, 0) is 56.4 Å². The van der Waals surface area contributed by atoms with Crippen molar-refractivity contribution in [1.82, 2.24) is 14.9 Å². The normalized spacial score (nSPS) is 21.6. The van der Waals surface area contributed by atoms with E-state index in [0.29, 0.717) is 13.0 Å². The van der Waals surface area contributed by atoms with Crippen LogP contribution in [-0.4, -0.2) is 75.7 Å². The van der Waals surface area contributed by atoms with Crippen LogP contribution in [-0.2, 0) is 9.53 Å². The van der Waals surface area contributed by atoms with Gasteiger partial charge < -0.3 is 34.5 Å². The highest BCUT2D eigenvalue weighted by Crippen LogP contribution is 2.37. The number of ether oxygens (including phenoxy) is 2. The highest BCUT2D eigenvalue weighted by molar-refractivity contribution is 5.92. The van der Waals surface area contributed by atoms with E-state index < -0.39 is 46.4 Å². The topological polar surface area (TPSA) is 164 Å². The Labute approximate surface area is 267 Å². The van der Waals surface area contributed by atoms with Crippen LogP contribution in [0.5, 0.6) is 5.75 Å². The summed E-state index contributed by atoms with van der Waals surface area (Å²) in [5.74, 6) is -3.32. The third-order valence-corrected chi connectivity index (χ3v) is 8.48. The molecular weight excluding hydrogens is 620 g/mol. The summed E-state index contributed by atoms with van der Waals surface area (Å²) in [7, 11) is 0. The molecule has 2 amide bonds. The number of hydrogen-bond donors (Lipinski definition) is 3. The number of cyclic esters (lactones) is 1. The second kappa shape index (κ2) is 12.6. The van der Waals surface area contributed by atoms with Gasteiger partial charge in [-0.25, -0.2) is 23.4 Å². The minimum atomic E-state index is -1.39. The van der Waals surface area contributed by atoms with Gasteiger partial charge in [-0.1, -0.05) is 0 Å². The average Bonchev–Trinajstić information content (AvgIpc) is 3.82. The van der Waals surface area contributed by atoms with Crippen molar-refractivity contribution in [3.05, 3.63) is 70.2 Å². The Hall–Kier alpha value is -5.05. The Bertz CT molecular complexity index is 1840. The molecule has 1 aromatic carbocycles. The first kappa shape index (κ1) is 31.9. The molecule has 0 spiro atoms. The number of carboxylic acid groups (broad SMARTS) is 1. The van der Waals surface area contributed by atoms with Crippen LogP contribution in [0.25, 0.3) is 11.0 Å². The molecule has 4 heterocycles. The molecule has 248 valence electrons. The molecule has 2 unspecified atom stereocenters. The average molecular weight is 654 g/mol. The second-order valence-electron chi connectivity index (χ2n) is 12.0. The summed E-state index contributed by atoms with van der Waals surface area (Å²) in [6, 6.07) is 4.98. The Morgan fingerprint density at radius 3 is 2.66 bits per heavy atom. The number of hydrogen-bond acceptors (Lipinski definition) is 9. The number of carbonyl (C=O) groups is 3. The van der Waals surface area contributed by atoms with Crippen LogP contribution < -0.4 is 25.3 Å². The number of fused-ring (bicyclic) bond motifs is 1. The number of halogens is 2. The van der Waals surface area contributed by atoms with Crippen molar-refractivity contribution in [2.24, 2.45) is 0 Å². The number of nitrogens with one attached hydrogen (secondary N) is 1. The molecule has 2 aliphatic heterocycles. The Morgan fingerprint density at radius 1 is 1.17 bits per heavy atom. The van der Waals surface area contributed by atoms with Gasteiger partial charge >= 0.3 is 12.1 Å². The zero-order chi connectivity index (χ0) is 33.5. The van der Waals surface area contributed by atoms with Gasteiger partial charge in [0, 0.05) is 44.5 Å². The smallest absolute Gasteiger partial charge is 0.415 e. The van der Waals surface area contributed by atoms with E-state index in [2.05, 4.69) is 10.3 Å². The van der Waals surface area contributed by atoms with Gasteiger partial charge in [0.15, 0.2) is 23.2 Å². The molecule has 13 nitrogen and oxygen atoms in total. The van der Waals surface area contributed by atoms with Crippen molar-refractivity contribution in [1.29, 1.82) is 0 Å². The molecule has 1 saturated carbocycles. The van der Waals surface area contributed by atoms with Crippen molar-refractivity contribution in [2.75, 3.05) is 36.0 Å².